The maximum Gasteiger partial charge on any atom is 0.340 e. The third-order valence-electron chi connectivity index (χ3n) is 2.98. The number of aromatic carboxylic acids is 1. The molecule has 0 bridgehead atoms. The third kappa shape index (κ3) is 2.05. The molecule has 0 unspecified atom stereocenters. The van der Waals surface area contributed by atoms with E-state index in [2.05, 4.69) is 5.10 Å². The Bertz CT molecular complexity index is 397. The van der Waals surface area contributed by atoms with Crippen LogP contribution in [-0.2, 0) is 0 Å². The highest BCUT2D eigenvalue weighted by Gasteiger charge is 2.25. The minimum atomic E-state index is -1.06. The Hall–Kier alpha value is -1.07. The number of nitrogens with zero attached hydrogens (tertiary/aromatic N) is 2. The molecule has 6 heteroatoms. The molecule has 16 heavy (non-hydrogen) atoms. The molecule has 1 aliphatic rings. The van der Waals surface area contributed by atoms with Crippen LogP contribution in [0.2, 0.25) is 5.15 Å². The van der Waals surface area contributed by atoms with E-state index < -0.39 is 5.97 Å². The Morgan fingerprint density at radius 3 is 2.56 bits per heavy atom. The standard InChI is InChI=1S/C10H13ClN2O3/c11-9-8(10(15)16)5-12-13(9)6-1-3-7(14)4-2-6/h5-7,14H,1-4H2,(H,15,16)/t6-,7+. The van der Waals surface area contributed by atoms with Crippen LogP contribution in [0.4, 0.5) is 0 Å². The summed E-state index contributed by atoms with van der Waals surface area (Å²) in [5.41, 5.74) is 0.0350. The Balaban J connectivity index is 2.18. The molecular formula is C10H13ClN2O3. The predicted molar refractivity (Wildman–Crippen MR) is 57.7 cm³/mol. The van der Waals surface area contributed by atoms with Gasteiger partial charge in [0.25, 0.3) is 0 Å². The van der Waals surface area contributed by atoms with Crippen molar-refractivity contribution >= 4 is 17.6 Å². The van der Waals surface area contributed by atoms with E-state index in [4.69, 9.17) is 16.7 Å². The molecule has 1 saturated carbocycles. The molecule has 0 spiro atoms. The number of hydrogen-bond acceptors (Lipinski definition) is 3. The Morgan fingerprint density at radius 1 is 1.44 bits per heavy atom. The fraction of sp³-hybridized carbons (Fsp3) is 0.600. The van der Waals surface area contributed by atoms with Crippen LogP contribution in [0.15, 0.2) is 6.20 Å². The van der Waals surface area contributed by atoms with Crippen molar-refractivity contribution in [3.8, 4) is 0 Å². The summed E-state index contributed by atoms with van der Waals surface area (Å²) in [5.74, 6) is -1.06. The highest BCUT2D eigenvalue weighted by atomic mass is 35.5. The van der Waals surface area contributed by atoms with E-state index in [1.165, 1.54) is 6.20 Å². The first kappa shape index (κ1) is 11.4. The molecule has 88 valence electrons. The van der Waals surface area contributed by atoms with E-state index in [1.54, 1.807) is 4.68 Å². The van der Waals surface area contributed by atoms with Gasteiger partial charge < -0.3 is 10.2 Å². The van der Waals surface area contributed by atoms with Gasteiger partial charge in [0.2, 0.25) is 0 Å². The van der Waals surface area contributed by atoms with Crippen molar-refractivity contribution in [3.05, 3.63) is 16.9 Å². The molecule has 5 nitrogen and oxygen atoms in total. The van der Waals surface area contributed by atoms with Crippen LogP contribution in [0.1, 0.15) is 42.1 Å². The highest BCUT2D eigenvalue weighted by Crippen LogP contribution is 2.31. The van der Waals surface area contributed by atoms with E-state index in [9.17, 15) is 9.90 Å². The second kappa shape index (κ2) is 4.43. The molecule has 1 aliphatic carbocycles. The van der Waals surface area contributed by atoms with Crippen LogP contribution in [0, 0.1) is 0 Å². The van der Waals surface area contributed by atoms with Crippen molar-refractivity contribution in [2.24, 2.45) is 0 Å². The molecule has 1 fully saturated rings. The Morgan fingerprint density at radius 2 is 2.06 bits per heavy atom. The second-order valence-corrected chi connectivity index (χ2v) is 4.42. The summed E-state index contributed by atoms with van der Waals surface area (Å²) in [7, 11) is 0. The number of aliphatic hydroxyl groups is 1. The molecule has 0 atom stereocenters. The van der Waals surface area contributed by atoms with Gasteiger partial charge in [0.15, 0.2) is 0 Å². The number of carboxylic acids is 1. The number of hydrogen-bond donors (Lipinski definition) is 2. The molecule has 0 radical (unpaired) electrons. The van der Waals surface area contributed by atoms with Crippen LogP contribution in [0.25, 0.3) is 0 Å². The van der Waals surface area contributed by atoms with Crippen molar-refractivity contribution < 1.29 is 15.0 Å². The lowest BCUT2D eigenvalue weighted by molar-refractivity contribution is 0.0696. The first-order valence-corrected chi connectivity index (χ1v) is 5.61. The zero-order valence-electron chi connectivity index (χ0n) is 8.64. The molecule has 2 N–H and O–H groups in total. The summed E-state index contributed by atoms with van der Waals surface area (Å²) in [4.78, 5) is 10.8. The smallest absolute Gasteiger partial charge is 0.340 e. The van der Waals surface area contributed by atoms with Gasteiger partial charge >= 0.3 is 5.97 Å². The van der Waals surface area contributed by atoms with Crippen LogP contribution in [-0.4, -0.2) is 32.1 Å². The first-order valence-electron chi connectivity index (χ1n) is 5.24. The maximum absolute atomic E-state index is 10.8. The number of carbonyl (C=O) groups is 1. The Kier molecular flexibility index (Phi) is 3.16. The maximum atomic E-state index is 10.8. The van der Waals surface area contributed by atoms with Gasteiger partial charge in [-0.2, -0.15) is 5.10 Å². The summed E-state index contributed by atoms with van der Waals surface area (Å²) >= 11 is 5.95. The van der Waals surface area contributed by atoms with Gasteiger partial charge in [-0.15, -0.1) is 0 Å². The first-order chi connectivity index (χ1) is 7.59. The zero-order valence-corrected chi connectivity index (χ0v) is 9.39. The summed E-state index contributed by atoms with van der Waals surface area (Å²) in [6, 6.07) is 0.101. The molecule has 0 amide bonds. The van der Waals surface area contributed by atoms with Gasteiger partial charge in [0.05, 0.1) is 18.3 Å². The highest BCUT2D eigenvalue weighted by molar-refractivity contribution is 6.32. The normalized spacial score (nSPS) is 25.6. The monoisotopic (exact) mass is 244 g/mol. The van der Waals surface area contributed by atoms with Gasteiger partial charge in [0.1, 0.15) is 10.7 Å². The third-order valence-corrected chi connectivity index (χ3v) is 3.35. The predicted octanol–water partition coefficient (Wildman–Crippen LogP) is 1.71. The summed E-state index contributed by atoms with van der Waals surface area (Å²) in [6.07, 6.45) is 4.01. The molecule has 2 rings (SSSR count). The van der Waals surface area contributed by atoms with Gasteiger partial charge in [-0.25, -0.2) is 4.79 Å². The average molecular weight is 245 g/mol. The lowest BCUT2D eigenvalue weighted by atomic mass is 9.93. The van der Waals surface area contributed by atoms with Crippen molar-refractivity contribution in [2.75, 3.05) is 0 Å². The van der Waals surface area contributed by atoms with Crippen molar-refractivity contribution in [3.63, 3.8) is 0 Å². The minimum absolute atomic E-state index is 0.0350. The number of halogens is 1. The summed E-state index contributed by atoms with van der Waals surface area (Å²) < 4.78 is 1.55. The summed E-state index contributed by atoms with van der Waals surface area (Å²) in [6.45, 7) is 0. The number of aromatic nitrogens is 2. The molecule has 0 saturated heterocycles. The molecule has 1 aromatic rings. The van der Waals surface area contributed by atoms with E-state index >= 15 is 0 Å². The summed E-state index contributed by atoms with van der Waals surface area (Å²) in [5, 5.41) is 22.4. The molecule has 0 aromatic carbocycles. The van der Waals surface area contributed by atoms with E-state index in [0.29, 0.717) is 12.8 Å². The lowest BCUT2D eigenvalue weighted by Gasteiger charge is -2.26. The fourth-order valence-electron chi connectivity index (χ4n) is 2.05. The van der Waals surface area contributed by atoms with Crippen molar-refractivity contribution in [2.45, 2.75) is 37.8 Å². The quantitative estimate of drug-likeness (QED) is 0.831. The van der Waals surface area contributed by atoms with Gasteiger partial charge in [-0.05, 0) is 25.7 Å². The average Bonchev–Trinajstić information content (AvgIpc) is 2.61. The van der Waals surface area contributed by atoms with Crippen molar-refractivity contribution in [1.29, 1.82) is 0 Å². The second-order valence-electron chi connectivity index (χ2n) is 4.06. The van der Waals surface area contributed by atoms with Gasteiger partial charge in [-0.1, -0.05) is 11.6 Å². The fourth-order valence-corrected chi connectivity index (χ4v) is 2.36. The van der Waals surface area contributed by atoms with Crippen LogP contribution >= 0.6 is 11.6 Å². The van der Waals surface area contributed by atoms with Gasteiger partial charge in [-0.3, -0.25) is 4.68 Å². The van der Waals surface area contributed by atoms with E-state index in [1.807, 2.05) is 0 Å². The van der Waals surface area contributed by atoms with Gasteiger partial charge in [0, 0.05) is 0 Å². The zero-order chi connectivity index (χ0) is 11.7. The SMILES string of the molecule is O=C(O)c1cnn([C@H]2CC[C@@H](O)CC2)c1Cl. The Labute approximate surface area is 97.6 Å². The van der Waals surface area contributed by atoms with Crippen LogP contribution in [0.5, 0.6) is 0 Å². The molecule has 1 aromatic heterocycles. The van der Waals surface area contributed by atoms with E-state index in [0.717, 1.165) is 12.8 Å². The number of rotatable bonds is 2. The molecular weight excluding hydrogens is 232 g/mol. The number of carboxylic acid groups (broad SMARTS) is 1. The molecule has 0 aliphatic heterocycles. The number of aliphatic hydroxyl groups excluding tert-OH is 1. The molecule has 1 heterocycles. The van der Waals surface area contributed by atoms with Crippen LogP contribution < -0.4 is 0 Å². The topological polar surface area (TPSA) is 75.3 Å². The van der Waals surface area contributed by atoms with Crippen molar-refractivity contribution in [1.82, 2.24) is 9.78 Å². The minimum Gasteiger partial charge on any atom is -0.478 e. The van der Waals surface area contributed by atoms with Crippen LogP contribution in [0.3, 0.4) is 0 Å². The van der Waals surface area contributed by atoms with E-state index in [-0.39, 0.29) is 22.9 Å². The lowest BCUT2D eigenvalue weighted by Crippen LogP contribution is -2.21. The largest absolute Gasteiger partial charge is 0.478 e.